The van der Waals surface area contributed by atoms with Gasteiger partial charge in [0, 0.05) is 36.1 Å². The number of hydrogen-bond acceptors (Lipinski definition) is 2. The molecule has 3 rings (SSSR count). The molecule has 0 aliphatic heterocycles. The summed E-state index contributed by atoms with van der Waals surface area (Å²) in [6, 6.07) is 17.0. The van der Waals surface area contributed by atoms with Crippen molar-refractivity contribution in [1.82, 2.24) is 9.47 Å². The van der Waals surface area contributed by atoms with Crippen molar-refractivity contribution >= 4 is 22.6 Å². The molecule has 0 saturated heterocycles. The Hall–Kier alpha value is -3.32. The highest BCUT2D eigenvalue weighted by atomic mass is 16.2. The number of para-hydroxylation sites is 1. The number of aryl methyl sites for hydroxylation is 1. The molecule has 3 aromatic rings. The zero-order valence-electron chi connectivity index (χ0n) is 15.1. The molecule has 4 nitrogen and oxygen atoms in total. The Balaban J connectivity index is 1.71. The summed E-state index contributed by atoms with van der Waals surface area (Å²) in [5, 5.41) is 1.04. The Morgan fingerprint density at radius 3 is 2.42 bits per heavy atom. The summed E-state index contributed by atoms with van der Waals surface area (Å²) < 4.78 is 1.90. The summed E-state index contributed by atoms with van der Waals surface area (Å²) in [5.41, 5.74) is 3.15. The van der Waals surface area contributed by atoms with Crippen molar-refractivity contribution in [3.05, 3.63) is 71.4 Å². The first-order valence-electron chi connectivity index (χ1n) is 8.37. The Labute approximate surface area is 153 Å². The molecule has 0 radical (unpaired) electrons. The van der Waals surface area contributed by atoms with Crippen LogP contribution in [0.25, 0.3) is 10.9 Å². The molecule has 1 heterocycles. The maximum atomic E-state index is 12.7. The Bertz CT molecular complexity index is 1030. The van der Waals surface area contributed by atoms with Gasteiger partial charge in [0.2, 0.25) is 0 Å². The lowest BCUT2D eigenvalue weighted by Crippen LogP contribution is -2.28. The van der Waals surface area contributed by atoms with Crippen LogP contribution in [0.1, 0.15) is 33.3 Å². The molecule has 2 aromatic carbocycles. The summed E-state index contributed by atoms with van der Waals surface area (Å²) in [6.07, 6.45) is 0. The predicted octanol–water partition coefficient (Wildman–Crippen LogP) is 3.50. The molecule has 130 valence electrons. The summed E-state index contributed by atoms with van der Waals surface area (Å²) in [7, 11) is 3.64. The van der Waals surface area contributed by atoms with E-state index in [0.29, 0.717) is 17.8 Å². The average Bonchev–Trinajstić information content (AvgIpc) is 2.98. The molecule has 1 amide bonds. The van der Waals surface area contributed by atoms with E-state index in [0.717, 1.165) is 16.5 Å². The maximum Gasteiger partial charge on any atom is 0.271 e. The predicted molar refractivity (Wildman–Crippen MR) is 103 cm³/mol. The quantitative estimate of drug-likeness (QED) is 0.539. The van der Waals surface area contributed by atoms with Gasteiger partial charge in [-0.15, -0.1) is 0 Å². The second kappa shape index (κ2) is 7.28. The van der Waals surface area contributed by atoms with E-state index in [1.54, 1.807) is 24.1 Å². The molecule has 0 N–H and O–H groups in total. The van der Waals surface area contributed by atoms with E-state index in [9.17, 15) is 9.59 Å². The lowest BCUT2D eigenvalue weighted by molar-refractivity contribution is 0.0803. The van der Waals surface area contributed by atoms with E-state index in [1.165, 1.54) is 6.92 Å². The number of nitrogens with zero attached hydrogens (tertiary/aromatic N) is 2. The minimum absolute atomic E-state index is 0.0322. The summed E-state index contributed by atoms with van der Waals surface area (Å²) in [4.78, 5) is 25.6. The normalized spacial score (nSPS) is 10.3. The summed E-state index contributed by atoms with van der Waals surface area (Å²) in [5.74, 6) is 6.01. The third-order valence-electron chi connectivity index (χ3n) is 4.36. The van der Waals surface area contributed by atoms with Crippen LogP contribution >= 0.6 is 0 Å². The number of Topliss-reactive ketones (excluding diaryl/α,β-unsaturated/α-hetero) is 1. The number of carbonyl (C=O) groups excluding carboxylic acids is 2. The van der Waals surface area contributed by atoms with E-state index in [2.05, 4.69) is 11.8 Å². The van der Waals surface area contributed by atoms with Crippen LogP contribution in [0.4, 0.5) is 0 Å². The highest BCUT2D eigenvalue weighted by molar-refractivity contribution is 5.98. The van der Waals surface area contributed by atoms with Gasteiger partial charge in [0.15, 0.2) is 5.78 Å². The molecule has 0 saturated carbocycles. The van der Waals surface area contributed by atoms with Crippen LogP contribution in [0.15, 0.2) is 54.6 Å². The topological polar surface area (TPSA) is 42.3 Å². The SMILES string of the molecule is CC(=O)c1ccc(C#CCN(C)C(=O)c2cc3ccccc3n2C)cc1. The summed E-state index contributed by atoms with van der Waals surface area (Å²) >= 11 is 0. The molecular formula is C22H20N2O2. The van der Waals surface area contributed by atoms with Gasteiger partial charge in [-0.05, 0) is 31.2 Å². The molecule has 26 heavy (non-hydrogen) atoms. The maximum absolute atomic E-state index is 12.7. The third-order valence-corrected chi connectivity index (χ3v) is 4.36. The van der Waals surface area contributed by atoms with E-state index >= 15 is 0 Å². The fourth-order valence-electron chi connectivity index (χ4n) is 2.81. The Morgan fingerprint density at radius 1 is 1.08 bits per heavy atom. The van der Waals surface area contributed by atoms with Crippen molar-refractivity contribution in [1.29, 1.82) is 0 Å². The molecule has 0 spiro atoms. The third kappa shape index (κ3) is 3.52. The molecule has 1 aromatic heterocycles. The van der Waals surface area contributed by atoms with Gasteiger partial charge >= 0.3 is 0 Å². The molecule has 4 heteroatoms. The van der Waals surface area contributed by atoms with Crippen molar-refractivity contribution in [3.63, 3.8) is 0 Å². The van der Waals surface area contributed by atoms with Crippen LogP contribution in [0.2, 0.25) is 0 Å². The van der Waals surface area contributed by atoms with E-state index < -0.39 is 0 Å². The zero-order valence-corrected chi connectivity index (χ0v) is 15.1. The fraction of sp³-hybridized carbons (Fsp3) is 0.182. The van der Waals surface area contributed by atoms with Gasteiger partial charge in [0.25, 0.3) is 5.91 Å². The van der Waals surface area contributed by atoms with Gasteiger partial charge < -0.3 is 9.47 Å². The highest BCUT2D eigenvalue weighted by Gasteiger charge is 2.16. The lowest BCUT2D eigenvalue weighted by atomic mass is 10.1. The van der Waals surface area contributed by atoms with Crippen molar-refractivity contribution in [2.45, 2.75) is 6.92 Å². The summed E-state index contributed by atoms with van der Waals surface area (Å²) in [6.45, 7) is 1.86. The van der Waals surface area contributed by atoms with Crippen LogP contribution in [-0.2, 0) is 7.05 Å². The first kappa shape index (κ1) is 17.5. The van der Waals surface area contributed by atoms with Gasteiger partial charge in [-0.25, -0.2) is 0 Å². The number of aromatic nitrogens is 1. The van der Waals surface area contributed by atoms with Crippen LogP contribution in [0, 0.1) is 11.8 Å². The van der Waals surface area contributed by atoms with Gasteiger partial charge in [-0.3, -0.25) is 9.59 Å². The molecule has 0 atom stereocenters. The number of ketones is 1. The number of rotatable bonds is 3. The molecule has 0 aliphatic rings. The minimum atomic E-state index is -0.0649. The van der Waals surface area contributed by atoms with Crippen LogP contribution in [0.5, 0.6) is 0 Å². The zero-order chi connectivity index (χ0) is 18.7. The number of amides is 1. The standard InChI is InChI=1S/C22H20N2O2/c1-16(25)18-12-10-17(11-13-18)7-6-14-23(2)22(26)21-15-19-8-4-5-9-20(19)24(21)3/h4-5,8-13,15H,14H2,1-3H3. The Morgan fingerprint density at radius 2 is 1.77 bits per heavy atom. The van der Waals surface area contributed by atoms with Crippen molar-refractivity contribution < 1.29 is 9.59 Å². The minimum Gasteiger partial charge on any atom is -0.340 e. The van der Waals surface area contributed by atoms with Crippen molar-refractivity contribution in [3.8, 4) is 11.8 Å². The second-order valence-corrected chi connectivity index (χ2v) is 6.24. The number of benzene rings is 2. The second-order valence-electron chi connectivity index (χ2n) is 6.24. The van der Waals surface area contributed by atoms with Crippen LogP contribution in [-0.4, -0.2) is 34.7 Å². The van der Waals surface area contributed by atoms with Gasteiger partial charge in [0.1, 0.15) is 5.69 Å². The van der Waals surface area contributed by atoms with E-state index in [4.69, 9.17) is 0 Å². The molecule has 0 fully saturated rings. The monoisotopic (exact) mass is 344 g/mol. The molecule has 0 unspecified atom stereocenters. The smallest absolute Gasteiger partial charge is 0.271 e. The van der Waals surface area contributed by atoms with E-state index in [1.807, 2.05) is 54.1 Å². The van der Waals surface area contributed by atoms with Crippen molar-refractivity contribution in [2.75, 3.05) is 13.6 Å². The average molecular weight is 344 g/mol. The van der Waals surface area contributed by atoms with Gasteiger partial charge in [-0.2, -0.15) is 0 Å². The van der Waals surface area contributed by atoms with Crippen LogP contribution < -0.4 is 0 Å². The number of fused-ring (bicyclic) bond motifs is 1. The van der Waals surface area contributed by atoms with E-state index in [-0.39, 0.29) is 11.7 Å². The first-order valence-corrected chi connectivity index (χ1v) is 8.37. The Kier molecular flexibility index (Phi) is 4.90. The van der Waals surface area contributed by atoms with Gasteiger partial charge in [-0.1, -0.05) is 42.2 Å². The number of carbonyl (C=O) groups is 2. The van der Waals surface area contributed by atoms with Crippen molar-refractivity contribution in [2.24, 2.45) is 7.05 Å². The lowest BCUT2D eigenvalue weighted by Gasteiger charge is -2.14. The number of hydrogen-bond donors (Lipinski definition) is 0. The fourth-order valence-corrected chi connectivity index (χ4v) is 2.81. The largest absolute Gasteiger partial charge is 0.340 e. The van der Waals surface area contributed by atoms with Gasteiger partial charge in [0.05, 0.1) is 6.54 Å². The molecule has 0 bridgehead atoms. The molecular weight excluding hydrogens is 324 g/mol. The van der Waals surface area contributed by atoms with Crippen LogP contribution in [0.3, 0.4) is 0 Å². The first-order chi connectivity index (χ1) is 12.5. The highest BCUT2D eigenvalue weighted by Crippen LogP contribution is 2.19. The molecule has 0 aliphatic carbocycles.